The van der Waals surface area contributed by atoms with Crippen LogP contribution in [0.15, 0.2) is 82.6 Å². The molecule has 0 aliphatic carbocycles. The van der Waals surface area contributed by atoms with Gasteiger partial charge in [-0.1, -0.05) is 48.0 Å². The van der Waals surface area contributed by atoms with Gasteiger partial charge < -0.3 is 0 Å². The fourth-order valence-electron chi connectivity index (χ4n) is 2.42. The third kappa shape index (κ3) is 3.76. The monoisotopic (exact) mass is 551 g/mol. The second-order valence-electron chi connectivity index (χ2n) is 5.53. The molecule has 0 fully saturated rings. The van der Waals surface area contributed by atoms with Crippen molar-refractivity contribution in [1.82, 2.24) is 0 Å². The highest BCUT2D eigenvalue weighted by Crippen LogP contribution is 2.38. The van der Waals surface area contributed by atoms with E-state index in [9.17, 15) is 21.2 Å². The summed E-state index contributed by atoms with van der Waals surface area (Å²) in [6, 6.07) is 16.1. The van der Waals surface area contributed by atoms with Crippen molar-refractivity contribution in [1.29, 1.82) is 0 Å². The summed E-state index contributed by atoms with van der Waals surface area (Å²) in [5.41, 5.74) is -0.361. The number of benzene rings is 3. The van der Waals surface area contributed by atoms with E-state index in [-0.39, 0.29) is 27.8 Å². The molecule has 0 atom stereocenters. The van der Waals surface area contributed by atoms with Gasteiger partial charge in [0.15, 0.2) is 0 Å². The predicted octanol–water partition coefficient (Wildman–Crippen LogP) is 4.67. The second kappa shape index (κ2) is 7.97. The minimum atomic E-state index is -4.58. The van der Waals surface area contributed by atoms with Gasteiger partial charge in [0.05, 0.1) is 24.1 Å². The van der Waals surface area contributed by atoms with Crippen LogP contribution in [0.4, 0.5) is 10.1 Å². The molecule has 0 aliphatic rings. The van der Waals surface area contributed by atoms with Crippen LogP contribution in [-0.2, 0) is 20.0 Å². The fraction of sp³-hybridized carbons (Fsp3) is 0. The Balaban J connectivity index is 2.35. The Morgan fingerprint density at radius 1 is 0.750 bits per heavy atom. The number of halogens is 3. The molecule has 0 spiro atoms. The van der Waals surface area contributed by atoms with Gasteiger partial charge in [0, 0.05) is 0 Å². The molecule has 3 rings (SSSR count). The van der Waals surface area contributed by atoms with E-state index in [4.69, 9.17) is 11.6 Å². The van der Waals surface area contributed by atoms with Crippen molar-refractivity contribution >= 4 is 59.9 Å². The highest BCUT2D eigenvalue weighted by molar-refractivity contribution is 14.1. The Kier molecular flexibility index (Phi) is 5.99. The summed E-state index contributed by atoms with van der Waals surface area (Å²) in [7, 11) is -9.15. The molecule has 10 heteroatoms. The Labute approximate surface area is 181 Å². The number of rotatable bonds is 5. The lowest BCUT2D eigenvalue weighted by atomic mass is 10.3. The summed E-state index contributed by atoms with van der Waals surface area (Å²) >= 11 is 7.75. The minimum Gasteiger partial charge on any atom is -0.206 e. The Hall–Kier alpha value is -1.69. The van der Waals surface area contributed by atoms with Crippen LogP contribution in [0, 0.1) is 9.39 Å². The van der Waals surface area contributed by atoms with Crippen LogP contribution in [0.1, 0.15) is 0 Å². The zero-order chi connectivity index (χ0) is 20.5. The number of hydrogen-bond acceptors (Lipinski definition) is 4. The first-order valence-electron chi connectivity index (χ1n) is 7.71. The van der Waals surface area contributed by atoms with Crippen LogP contribution < -0.4 is 3.71 Å². The smallest absolute Gasteiger partial charge is 0.206 e. The molecule has 146 valence electrons. The molecule has 3 aromatic carbocycles. The molecular weight excluding hydrogens is 540 g/mol. The highest BCUT2D eigenvalue weighted by atomic mass is 127. The van der Waals surface area contributed by atoms with Crippen LogP contribution in [-0.4, -0.2) is 16.8 Å². The number of nitrogens with zero attached hydrogens (tertiary/aromatic N) is 1. The topological polar surface area (TPSA) is 71.5 Å². The van der Waals surface area contributed by atoms with E-state index in [2.05, 4.69) is 0 Å². The molecule has 0 saturated heterocycles. The van der Waals surface area contributed by atoms with Gasteiger partial charge in [-0.2, -0.15) is 3.71 Å². The SMILES string of the molecule is O=S(=O)(c1ccccc1)N(c1ccc(F)c(I)c1Cl)S(=O)(=O)c1ccccc1. The minimum absolute atomic E-state index is 0.0895. The van der Waals surface area contributed by atoms with Gasteiger partial charge in [-0.25, -0.2) is 21.2 Å². The normalized spacial score (nSPS) is 12.0. The molecule has 0 N–H and O–H groups in total. The zero-order valence-corrected chi connectivity index (χ0v) is 18.5. The van der Waals surface area contributed by atoms with Crippen molar-refractivity contribution in [3.8, 4) is 0 Å². The lowest BCUT2D eigenvalue weighted by Crippen LogP contribution is -2.37. The van der Waals surface area contributed by atoms with Crippen LogP contribution in [0.25, 0.3) is 0 Å². The molecule has 3 aromatic rings. The van der Waals surface area contributed by atoms with Crippen molar-refractivity contribution in [3.05, 3.63) is 87.2 Å². The highest BCUT2D eigenvalue weighted by Gasteiger charge is 2.38. The van der Waals surface area contributed by atoms with E-state index in [0.717, 1.165) is 12.1 Å². The molecule has 0 heterocycles. The largest absolute Gasteiger partial charge is 0.277 e. The van der Waals surface area contributed by atoms with Gasteiger partial charge in [-0.15, -0.1) is 0 Å². The van der Waals surface area contributed by atoms with E-state index in [1.54, 1.807) is 34.7 Å². The van der Waals surface area contributed by atoms with Crippen molar-refractivity contribution in [2.24, 2.45) is 0 Å². The molecule has 28 heavy (non-hydrogen) atoms. The van der Waals surface area contributed by atoms with Crippen molar-refractivity contribution in [3.63, 3.8) is 0 Å². The predicted molar refractivity (Wildman–Crippen MR) is 114 cm³/mol. The van der Waals surface area contributed by atoms with Crippen LogP contribution in [0.2, 0.25) is 5.02 Å². The van der Waals surface area contributed by atoms with Crippen LogP contribution >= 0.6 is 34.2 Å². The van der Waals surface area contributed by atoms with E-state index in [1.807, 2.05) is 0 Å². The molecular formula is C18H12ClFINO4S2. The Morgan fingerprint density at radius 2 is 1.18 bits per heavy atom. The number of anilines is 1. The maximum atomic E-state index is 13.9. The summed E-state index contributed by atoms with van der Waals surface area (Å²) in [6.07, 6.45) is 0. The molecule has 0 saturated carbocycles. The quantitative estimate of drug-likeness (QED) is 0.341. The number of hydrogen-bond donors (Lipinski definition) is 0. The summed E-state index contributed by atoms with van der Waals surface area (Å²) < 4.78 is 67.2. The summed E-state index contributed by atoms with van der Waals surface area (Å²) in [6.45, 7) is 0. The molecule has 0 aliphatic heterocycles. The summed E-state index contributed by atoms with van der Waals surface area (Å²) in [4.78, 5) is -0.491. The lowest BCUT2D eigenvalue weighted by molar-refractivity contribution is 0.583. The van der Waals surface area contributed by atoms with Crippen molar-refractivity contribution < 1.29 is 21.2 Å². The first-order valence-corrected chi connectivity index (χ1v) is 12.0. The average molecular weight is 552 g/mol. The molecule has 5 nitrogen and oxygen atoms in total. The third-order valence-corrected chi connectivity index (χ3v) is 9.67. The molecule has 0 amide bonds. The maximum Gasteiger partial charge on any atom is 0.277 e. The van der Waals surface area contributed by atoms with Gasteiger partial charge in [-0.05, 0) is 59.0 Å². The fourth-order valence-corrected chi connectivity index (χ4v) is 6.97. The van der Waals surface area contributed by atoms with E-state index >= 15 is 0 Å². The molecule has 0 unspecified atom stereocenters. The number of sulfonamides is 2. The van der Waals surface area contributed by atoms with Gasteiger partial charge in [0.25, 0.3) is 20.0 Å². The summed E-state index contributed by atoms with van der Waals surface area (Å²) in [5.74, 6) is -0.691. The second-order valence-corrected chi connectivity index (χ2v) is 10.8. The van der Waals surface area contributed by atoms with Gasteiger partial charge >= 0.3 is 0 Å². The molecule has 0 aromatic heterocycles. The van der Waals surface area contributed by atoms with Gasteiger partial charge in [-0.3, -0.25) is 0 Å². The maximum absolute atomic E-state index is 13.9. The lowest BCUT2D eigenvalue weighted by Gasteiger charge is -2.25. The van der Waals surface area contributed by atoms with Crippen LogP contribution in [0.5, 0.6) is 0 Å². The first-order chi connectivity index (χ1) is 13.2. The third-order valence-electron chi connectivity index (χ3n) is 3.73. The van der Waals surface area contributed by atoms with Gasteiger partial charge in [0.1, 0.15) is 5.82 Å². The average Bonchev–Trinajstić information content (AvgIpc) is 2.69. The molecule has 0 bridgehead atoms. The molecule has 0 radical (unpaired) electrons. The Morgan fingerprint density at radius 3 is 1.61 bits per heavy atom. The van der Waals surface area contributed by atoms with Gasteiger partial charge in [0.2, 0.25) is 0 Å². The zero-order valence-electron chi connectivity index (χ0n) is 14.0. The first kappa shape index (κ1) is 21.0. The Bertz CT molecular complexity index is 1150. The van der Waals surface area contributed by atoms with Crippen molar-refractivity contribution in [2.45, 2.75) is 9.79 Å². The van der Waals surface area contributed by atoms with E-state index in [0.29, 0.717) is 0 Å². The standard InChI is InChI=1S/C18H12ClFINO4S2/c19-17-16(12-11-15(20)18(17)21)22(27(23,24)13-7-3-1-4-8-13)28(25,26)14-9-5-2-6-10-14/h1-12H. The van der Waals surface area contributed by atoms with E-state index in [1.165, 1.54) is 48.5 Å². The summed E-state index contributed by atoms with van der Waals surface area (Å²) in [5, 5.41) is -0.320. The van der Waals surface area contributed by atoms with Crippen LogP contribution in [0.3, 0.4) is 0 Å². The van der Waals surface area contributed by atoms with E-state index < -0.39 is 25.9 Å². The van der Waals surface area contributed by atoms with Crippen molar-refractivity contribution in [2.75, 3.05) is 3.71 Å².